The van der Waals surface area contributed by atoms with Crippen molar-refractivity contribution in [1.29, 1.82) is 0 Å². The van der Waals surface area contributed by atoms with Crippen molar-refractivity contribution in [1.82, 2.24) is 20.6 Å². The first kappa shape index (κ1) is 15.9. The van der Waals surface area contributed by atoms with Crippen molar-refractivity contribution in [2.75, 3.05) is 18.4 Å². The van der Waals surface area contributed by atoms with Crippen LogP contribution < -0.4 is 16.0 Å². The second kappa shape index (κ2) is 6.83. The average molecular weight is 279 g/mol. The van der Waals surface area contributed by atoms with Gasteiger partial charge in [-0.05, 0) is 27.7 Å². The zero-order chi connectivity index (χ0) is 15.2. The first-order valence-electron chi connectivity index (χ1n) is 6.47. The quantitative estimate of drug-likeness (QED) is 0.731. The zero-order valence-electron chi connectivity index (χ0n) is 12.3. The van der Waals surface area contributed by atoms with Crippen LogP contribution in [0, 0.1) is 0 Å². The van der Waals surface area contributed by atoms with E-state index in [0.29, 0.717) is 5.82 Å². The van der Waals surface area contributed by atoms with E-state index in [-0.39, 0.29) is 23.7 Å². The lowest BCUT2D eigenvalue weighted by Gasteiger charge is -2.20. The maximum atomic E-state index is 11.8. The van der Waals surface area contributed by atoms with Crippen LogP contribution in [0.25, 0.3) is 0 Å². The van der Waals surface area contributed by atoms with Crippen molar-refractivity contribution in [2.45, 2.75) is 33.2 Å². The Morgan fingerprint density at radius 3 is 2.40 bits per heavy atom. The van der Waals surface area contributed by atoms with E-state index in [2.05, 4.69) is 25.9 Å². The molecule has 1 aromatic rings. The van der Waals surface area contributed by atoms with Gasteiger partial charge in [-0.15, -0.1) is 0 Å². The molecule has 0 aliphatic carbocycles. The summed E-state index contributed by atoms with van der Waals surface area (Å²) in [5, 5.41) is 8.23. The standard InChI is InChI=1S/C13H21N5O2/c1-5-14-10-7-15-9(6-16-10)12(20)17-8-11(19)18-13(2,3)4/h6-7H,5,8H2,1-4H3,(H,14,16)(H,17,20)(H,18,19). The Kier molecular flexibility index (Phi) is 5.42. The van der Waals surface area contributed by atoms with Crippen molar-refractivity contribution in [3.63, 3.8) is 0 Å². The monoisotopic (exact) mass is 279 g/mol. The molecule has 0 saturated carbocycles. The molecule has 7 heteroatoms. The van der Waals surface area contributed by atoms with Gasteiger partial charge in [0.2, 0.25) is 5.91 Å². The largest absolute Gasteiger partial charge is 0.369 e. The third-order valence-corrected chi connectivity index (χ3v) is 2.17. The Morgan fingerprint density at radius 1 is 1.20 bits per heavy atom. The van der Waals surface area contributed by atoms with E-state index >= 15 is 0 Å². The lowest BCUT2D eigenvalue weighted by atomic mass is 10.1. The van der Waals surface area contributed by atoms with Crippen LogP contribution in [-0.4, -0.2) is 40.4 Å². The lowest BCUT2D eigenvalue weighted by Crippen LogP contribution is -2.45. The fraction of sp³-hybridized carbons (Fsp3) is 0.538. The Labute approximate surface area is 118 Å². The third kappa shape index (κ3) is 5.64. The van der Waals surface area contributed by atoms with Crippen LogP contribution >= 0.6 is 0 Å². The molecule has 0 bridgehead atoms. The van der Waals surface area contributed by atoms with Gasteiger partial charge < -0.3 is 16.0 Å². The predicted molar refractivity (Wildman–Crippen MR) is 76.4 cm³/mol. The van der Waals surface area contributed by atoms with Crippen molar-refractivity contribution < 1.29 is 9.59 Å². The highest BCUT2D eigenvalue weighted by Gasteiger charge is 2.15. The van der Waals surface area contributed by atoms with Crippen LogP contribution in [0.4, 0.5) is 5.82 Å². The Bertz CT molecular complexity index is 465. The molecular weight excluding hydrogens is 258 g/mol. The van der Waals surface area contributed by atoms with Crippen molar-refractivity contribution >= 4 is 17.6 Å². The van der Waals surface area contributed by atoms with Crippen molar-refractivity contribution in [3.05, 3.63) is 18.1 Å². The highest BCUT2D eigenvalue weighted by Crippen LogP contribution is 2.00. The van der Waals surface area contributed by atoms with E-state index in [1.165, 1.54) is 12.4 Å². The van der Waals surface area contributed by atoms with Gasteiger partial charge in [-0.2, -0.15) is 0 Å². The summed E-state index contributed by atoms with van der Waals surface area (Å²) < 4.78 is 0. The van der Waals surface area contributed by atoms with Crippen LogP contribution in [0.2, 0.25) is 0 Å². The fourth-order valence-electron chi connectivity index (χ4n) is 1.43. The molecule has 0 atom stereocenters. The number of hydrogen-bond acceptors (Lipinski definition) is 5. The van der Waals surface area contributed by atoms with Crippen LogP contribution in [0.15, 0.2) is 12.4 Å². The van der Waals surface area contributed by atoms with Gasteiger partial charge >= 0.3 is 0 Å². The van der Waals surface area contributed by atoms with E-state index in [9.17, 15) is 9.59 Å². The van der Waals surface area contributed by atoms with Gasteiger partial charge in [0, 0.05) is 12.1 Å². The number of carbonyl (C=O) groups excluding carboxylic acids is 2. The minimum absolute atomic E-state index is 0.0905. The zero-order valence-corrected chi connectivity index (χ0v) is 12.3. The molecule has 0 fully saturated rings. The molecule has 0 spiro atoms. The number of carbonyl (C=O) groups is 2. The normalized spacial score (nSPS) is 10.8. The van der Waals surface area contributed by atoms with Gasteiger partial charge in [0.25, 0.3) is 5.91 Å². The van der Waals surface area contributed by atoms with Gasteiger partial charge in [0.1, 0.15) is 11.5 Å². The fourth-order valence-corrected chi connectivity index (χ4v) is 1.43. The second-order valence-corrected chi connectivity index (χ2v) is 5.30. The Hall–Kier alpha value is -2.18. The summed E-state index contributed by atoms with van der Waals surface area (Å²) in [5.74, 6) is -0.0674. The Balaban J connectivity index is 2.48. The number of amides is 2. The number of nitrogens with zero attached hydrogens (tertiary/aromatic N) is 2. The highest BCUT2D eigenvalue weighted by molar-refractivity contribution is 5.94. The predicted octanol–water partition coefficient (Wildman–Crippen LogP) is 0.553. The van der Waals surface area contributed by atoms with Gasteiger partial charge in [-0.1, -0.05) is 0 Å². The minimum atomic E-state index is -0.426. The molecular formula is C13H21N5O2. The summed E-state index contributed by atoms with van der Waals surface area (Å²) >= 11 is 0. The van der Waals surface area contributed by atoms with E-state index in [1.807, 2.05) is 27.7 Å². The molecule has 110 valence electrons. The topological polar surface area (TPSA) is 96.0 Å². The number of rotatable bonds is 5. The first-order chi connectivity index (χ1) is 9.31. The maximum Gasteiger partial charge on any atom is 0.271 e. The summed E-state index contributed by atoms with van der Waals surface area (Å²) in [6.07, 6.45) is 2.85. The number of anilines is 1. The molecule has 1 heterocycles. The van der Waals surface area contributed by atoms with Crippen molar-refractivity contribution in [2.24, 2.45) is 0 Å². The smallest absolute Gasteiger partial charge is 0.271 e. The highest BCUT2D eigenvalue weighted by atomic mass is 16.2. The van der Waals surface area contributed by atoms with Gasteiger partial charge in [0.15, 0.2) is 0 Å². The average Bonchev–Trinajstić information content (AvgIpc) is 2.35. The molecule has 0 unspecified atom stereocenters. The van der Waals surface area contributed by atoms with Crippen molar-refractivity contribution in [3.8, 4) is 0 Å². The third-order valence-electron chi connectivity index (χ3n) is 2.17. The summed E-state index contributed by atoms with van der Waals surface area (Å²) in [4.78, 5) is 31.4. The second-order valence-electron chi connectivity index (χ2n) is 5.30. The molecule has 0 aliphatic heterocycles. The number of nitrogens with one attached hydrogen (secondary N) is 3. The van der Waals surface area contributed by atoms with E-state index in [4.69, 9.17) is 0 Å². The first-order valence-corrected chi connectivity index (χ1v) is 6.47. The number of aromatic nitrogens is 2. The SMILES string of the molecule is CCNc1cnc(C(=O)NCC(=O)NC(C)(C)C)cn1. The van der Waals surface area contributed by atoms with Gasteiger partial charge in [-0.25, -0.2) is 9.97 Å². The maximum absolute atomic E-state index is 11.8. The molecule has 0 aromatic carbocycles. The molecule has 2 amide bonds. The summed E-state index contributed by atoms with van der Waals surface area (Å²) in [6, 6.07) is 0. The van der Waals surface area contributed by atoms with E-state index in [0.717, 1.165) is 6.54 Å². The number of hydrogen-bond donors (Lipinski definition) is 3. The molecule has 0 aliphatic rings. The summed E-state index contributed by atoms with van der Waals surface area (Å²) in [7, 11) is 0. The minimum Gasteiger partial charge on any atom is -0.369 e. The van der Waals surface area contributed by atoms with Gasteiger partial charge in [0.05, 0.1) is 18.9 Å². The Morgan fingerprint density at radius 2 is 1.90 bits per heavy atom. The molecule has 0 saturated heterocycles. The van der Waals surface area contributed by atoms with Crippen LogP contribution in [-0.2, 0) is 4.79 Å². The van der Waals surface area contributed by atoms with E-state index in [1.54, 1.807) is 0 Å². The van der Waals surface area contributed by atoms with Crippen LogP contribution in [0.3, 0.4) is 0 Å². The molecule has 0 radical (unpaired) electrons. The molecule has 3 N–H and O–H groups in total. The van der Waals surface area contributed by atoms with Crippen LogP contribution in [0.5, 0.6) is 0 Å². The lowest BCUT2D eigenvalue weighted by molar-refractivity contribution is -0.121. The molecule has 1 aromatic heterocycles. The van der Waals surface area contributed by atoms with E-state index < -0.39 is 5.91 Å². The summed E-state index contributed by atoms with van der Waals surface area (Å²) in [6.45, 7) is 8.20. The molecule has 7 nitrogen and oxygen atoms in total. The molecule has 1 rings (SSSR count). The van der Waals surface area contributed by atoms with Crippen LogP contribution in [0.1, 0.15) is 38.2 Å². The summed E-state index contributed by atoms with van der Waals surface area (Å²) in [5.41, 5.74) is -0.148. The van der Waals surface area contributed by atoms with Gasteiger partial charge in [-0.3, -0.25) is 9.59 Å². The molecule has 20 heavy (non-hydrogen) atoms.